The van der Waals surface area contributed by atoms with Crippen LogP contribution in [-0.2, 0) is 6.54 Å². The maximum absolute atomic E-state index is 13.1. The summed E-state index contributed by atoms with van der Waals surface area (Å²) in [6.45, 7) is 4.73. The Morgan fingerprint density at radius 2 is 1.82 bits per heavy atom. The van der Waals surface area contributed by atoms with E-state index in [0.717, 1.165) is 16.8 Å². The third-order valence-corrected chi connectivity index (χ3v) is 5.18. The lowest BCUT2D eigenvalue weighted by Gasteiger charge is -2.22. The van der Waals surface area contributed by atoms with Gasteiger partial charge in [-0.1, -0.05) is 41.4 Å². The van der Waals surface area contributed by atoms with Gasteiger partial charge in [0.1, 0.15) is 0 Å². The van der Waals surface area contributed by atoms with E-state index in [4.69, 9.17) is 23.2 Å². The molecule has 0 N–H and O–H groups in total. The van der Waals surface area contributed by atoms with Crippen LogP contribution in [0.15, 0.2) is 65.6 Å². The molecule has 28 heavy (non-hydrogen) atoms. The molecule has 0 radical (unpaired) electrons. The van der Waals surface area contributed by atoms with Gasteiger partial charge in [0.25, 0.3) is 11.5 Å². The Morgan fingerprint density at radius 1 is 1.04 bits per heavy atom. The molecule has 0 aliphatic carbocycles. The summed E-state index contributed by atoms with van der Waals surface area (Å²) in [5.41, 5.74) is 2.99. The van der Waals surface area contributed by atoms with Crippen LogP contribution in [0.5, 0.6) is 0 Å². The largest absolute Gasteiger partial charge is 0.310 e. The monoisotopic (exact) mass is 414 g/mol. The topological polar surface area (TPSA) is 42.3 Å². The second kappa shape index (κ2) is 8.63. The first-order chi connectivity index (χ1) is 13.4. The molecule has 3 rings (SSSR count). The van der Waals surface area contributed by atoms with Gasteiger partial charge in [-0.2, -0.15) is 0 Å². The van der Waals surface area contributed by atoms with E-state index in [2.05, 4.69) is 0 Å². The number of halogens is 2. The van der Waals surface area contributed by atoms with Crippen LogP contribution in [0.1, 0.15) is 28.4 Å². The van der Waals surface area contributed by atoms with Gasteiger partial charge >= 0.3 is 0 Å². The summed E-state index contributed by atoms with van der Waals surface area (Å²) in [6.07, 6.45) is 1.59. The zero-order valence-corrected chi connectivity index (χ0v) is 17.2. The van der Waals surface area contributed by atoms with Gasteiger partial charge in [-0.25, -0.2) is 0 Å². The molecule has 0 atom stereocenters. The molecule has 0 saturated carbocycles. The fraction of sp³-hybridized carbons (Fsp3) is 0.182. The van der Waals surface area contributed by atoms with Crippen molar-refractivity contribution in [3.63, 3.8) is 0 Å². The zero-order chi connectivity index (χ0) is 20.3. The SMILES string of the molecule is CCN(C(=O)c1ccc(=O)n(Cc2ccc(Cl)c(Cl)c2)c1)c1cccc(C)c1. The molecule has 0 aliphatic heterocycles. The molecule has 1 heterocycles. The molecule has 1 aromatic heterocycles. The molecule has 3 aromatic rings. The Balaban J connectivity index is 1.92. The second-order valence-electron chi connectivity index (χ2n) is 6.52. The molecule has 0 bridgehead atoms. The van der Waals surface area contributed by atoms with E-state index < -0.39 is 0 Å². The lowest BCUT2D eigenvalue weighted by atomic mass is 10.1. The van der Waals surface area contributed by atoms with E-state index in [0.29, 0.717) is 28.7 Å². The summed E-state index contributed by atoms with van der Waals surface area (Å²) in [6, 6.07) is 16.0. The molecule has 0 fully saturated rings. The number of aryl methyl sites for hydroxylation is 1. The third-order valence-electron chi connectivity index (χ3n) is 4.44. The first-order valence-corrected chi connectivity index (χ1v) is 9.67. The summed E-state index contributed by atoms with van der Waals surface area (Å²) >= 11 is 12.0. The molecular weight excluding hydrogens is 395 g/mol. The first-order valence-electron chi connectivity index (χ1n) is 8.92. The van der Waals surface area contributed by atoms with Crippen molar-refractivity contribution in [1.82, 2.24) is 4.57 Å². The Labute approximate surface area is 173 Å². The van der Waals surface area contributed by atoms with Crippen LogP contribution in [0.4, 0.5) is 5.69 Å². The molecule has 0 spiro atoms. The number of anilines is 1. The molecule has 6 heteroatoms. The quantitative estimate of drug-likeness (QED) is 0.577. The minimum atomic E-state index is -0.193. The highest BCUT2D eigenvalue weighted by Crippen LogP contribution is 2.23. The van der Waals surface area contributed by atoms with Crippen molar-refractivity contribution in [2.24, 2.45) is 0 Å². The average Bonchev–Trinajstić information content (AvgIpc) is 2.67. The van der Waals surface area contributed by atoms with Crippen LogP contribution in [0, 0.1) is 6.92 Å². The molecule has 0 saturated heterocycles. The molecule has 0 unspecified atom stereocenters. The van der Waals surface area contributed by atoms with E-state index in [1.807, 2.05) is 38.1 Å². The number of rotatable bonds is 5. The van der Waals surface area contributed by atoms with Gasteiger partial charge in [-0.05, 0) is 55.3 Å². The van der Waals surface area contributed by atoms with Crippen molar-refractivity contribution in [2.75, 3.05) is 11.4 Å². The summed E-state index contributed by atoms with van der Waals surface area (Å²) in [5.74, 6) is -0.156. The maximum Gasteiger partial charge on any atom is 0.259 e. The number of pyridine rings is 1. The molecule has 2 aromatic carbocycles. The second-order valence-corrected chi connectivity index (χ2v) is 7.34. The zero-order valence-electron chi connectivity index (χ0n) is 15.7. The van der Waals surface area contributed by atoms with E-state index in [9.17, 15) is 9.59 Å². The summed E-state index contributed by atoms with van der Waals surface area (Å²) in [4.78, 5) is 27.0. The van der Waals surface area contributed by atoms with Gasteiger partial charge in [0, 0.05) is 24.5 Å². The number of carbonyl (C=O) groups excluding carboxylic acids is 1. The molecule has 1 amide bonds. The molecule has 144 valence electrons. The van der Waals surface area contributed by atoms with Crippen molar-refractivity contribution in [1.29, 1.82) is 0 Å². The lowest BCUT2D eigenvalue weighted by molar-refractivity contribution is 0.0987. The van der Waals surface area contributed by atoms with Crippen LogP contribution >= 0.6 is 23.2 Å². The minimum absolute atomic E-state index is 0.156. The van der Waals surface area contributed by atoms with Crippen LogP contribution in [-0.4, -0.2) is 17.0 Å². The summed E-state index contributed by atoms with van der Waals surface area (Å²) in [7, 11) is 0. The van der Waals surface area contributed by atoms with E-state index in [1.165, 1.54) is 10.6 Å². The standard InChI is InChI=1S/C22H20Cl2N2O2/c1-3-26(18-6-4-5-15(2)11-18)22(28)17-8-10-21(27)25(14-17)13-16-7-9-19(23)20(24)12-16/h4-12,14H,3,13H2,1-2H3. The number of carbonyl (C=O) groups is 1. The van der Waals surface area contributed by atoms with Gasteiger partial charge in [0.05, 0.1) is 22.2 Å². The highest BCUT2D eigenvalue weighted by Gasteiger charge is 2.17. The van der Waals surface area contributed by atoms with Crippen molar-refractivity contribution in [3.05, 3.63) is 97.9 Å². The minimum Gasteiger partial charge on any atom is -0.310 e. The maximum atomic E-state index is 13.1. The number of hydrogen-bond acceptors (Lipinski definition) is 2. The molecule has 0 aliphatic rings. The highest BCUT2D eigenvalue weighted by atomic mass is 35.5. The third kappa shape index (κ3) is 4.46. The van der Waals surface area contributed by atoms with Crippen molar-refractivity contribution < 1.29 is 4.79 Å². The van der Waals surface area contributed by atoms with Crippen LogP contribution in [0.25, 0.3) is 0 Å². The first kappa shape index (κ1) is 20.2. The number of benzene rings is 2. The Bertz CT molecular complexity index is 1080. The predicted octanol–water partition coefficient (Wildman–Crippen LogP) is 5.18. The lowest BCUT2D eigenvalue weighted by Crippen LogP contribution is -2.32. The van der Waals surface area contributed by atoms with E-state index >= 15 is 0 Å². The van der Waals surface area contributed by atoms with Gasteiger partial charge in [-0.3, -0.25) is 9.59 Å². The van der Waals surface area contributed by atoms with Crippen LogP contribution in [0.3, 0.4) is 0 Å². The fourth-order valence-corrected chi connectivity index (χ4v) is 3.33. The predicted molar refractivity (Wildman–Crippen MR) is 115 cm³/mol. The summed E-state index contributed by atoms with van der Waals surface area (Å²) < 4.78 is 1.50. The van der Waals surface area contributed by atoms with Crippen molar-refractivity contribution >= 4 is 34.8 Å². The van der Waals surface area contributed by atoms with Gasteiger partial charge in [0.2, 0.25) is 0 Å². The normalized spacial score (nSPS) is 10.7. The number of hydrogen-bond donors (Lipinski definition) is 0. The van der Waals surface area contributed by atoms with Gasteiger partial charge in [-0.15, -0.1) is 0 Å². The average molecular weight is 415 g/mol. The number of aromatic nitrogens is 1. The molecule has 4 nitrogen and oxygen atoms in total. The van der Waals surface area contributed by atoms with Crippen molar-refractivity contribution in [2.45, 2.75) is 20.4 Å². The highest BCUT2D eigenvalue weighted by molar-refractivity contribution is 6.42. The van der Waals surface area contributed by atoms with Gasteiger partial charge < -0.3 is 9.47 Å². The Hall–Kier alpha value is -2.56. The van der Waals surface area contributed by atoms with Crippen molar-refractivity contribution in [3.8, 4) is 0 Å². The number of amides is 1. The van der Waals surface area contributed by atoms with Crippen LogP contribution < -0.4 is 10.5 Å². The van der Waals surface area contributed by atoms with E-state index in [-0.39, 0.29) is 11.5 Å². The Kier molecular flexibility index (Phi) is 6.22. The molecular formula is C22H20Cl2N2O2. The van der Waals surface area contributed by atoms with Gasteiger partial charge in [0.15, 0.2) is 0 Å². The summed E-state index contributed by atoms with van der Waals surface area (Å²) in [5, 5.41) is 0.884. The van der Waals surface area contributed by atoms with E-state index in [1.54, 1.807) is 35.4 Å². The number of nitrogens with zero attached hydrogens (tertiary/aromatic N) is 2. The Morgan fingerprint density at radius 3 is 2.50 bits per heavy atom. The smallest absolute Gasteiger partial charge is 0.259 e. The van der Waals surface area contributed by atoms with Crippen LogP contribution in [0.2, 0.25) is 10.0 Å². The fourth-order valence-electron chi connectivity index (χ4n) is 3.01.